The quantitative estimate of drug-likeness (QED) is 0.415. The van der Waals surface area contributed by atoms with E-state index in [0.717, 1.165) is 45.2 Å². The maximum atomic E-state index is 11.7. The lowest BCUT2D eigenvalue weighted by Gasteiger charge is -2.14. The summed E-state index contributed by atoms with van der Waals surface area (Å²) in [7, 11) is 0. The Morgan fingerprint density at radius 3 is 2.34 bits per heavy atom. The Morgan fingerprint density at radius 2 is 1.62 bits per heavy atom. The van der Waals surface area contributed by atoms with E-state index < -0.39 is 5.97 Å². The number of fused-ring (bicyclic) bond motifs is 1. The summed E-state index contributed by atoms with van der Waals surface area (Å²) in [6.07, 6.45) is 0. The largest absolute Gasteiger partial charge is 0.478 e. The number of carboxylic acid groups (broad SMARTS) is 1. The lowest BCUT2D eigenvalue weighted by molar-refractivity contribution is 0.0697. The predicted octanol–water partition coefficient (Wildman–Crippen LogP) is 5.50. The van der Waals surface area contributed by atoms with Crippen LogP contribution in [0.1, 0.15) is 27.3 Å². The van der Waals surface area contributed by atoms with Crippen LogP contribution in [0.2, 0.25) is 0 Å². The highest BCUT2D eigenvalue weighted by Gasteiger charge is 2.18. The van der Waals surface area contributed by atoms with Crippen molar-refractivity contribution in [2.75, 3.05) is 0 Å². The highest BCUT2D eigenvalue weighted by Crippen LogP contribution is 2.31. The molecular weight excluding hydrogens is 400 g/mol. The Balaban J connectivity index is 1.72. The lowest BCUT2D eigenvalue weighted by Crippen LogP contribution is -2.08. The van der Waals surface area contributed by atoms with Crippen molar-refractivity contribution < 1.29 is 9.90 Å². The number of hydrogen-bond donors (Lipinski definition) is 1. The number of aryl methyl sites for hydroxylation is 3. The van der Waals surface area contributed by atoms with Crippen molar-refractivity contribution in [2.45, 2.75) is 20.8 Å². The molecule has 0 aliphatic rings. The number of hydrogen-bond acceptors (Lipinski definition) is 3. The Hall–Kier alpha value is -4.19. The third kappa shape index (κ3) is 3.17. The highest BCUT2D eigenvalue weighted by molar-refractivity contribution is 5.96. The normalized spacial score (nSPS) is 11.2. The second-order valence-electron chi connectivity index (χ2n) is 7.92. The van der Waals surface area contributed by atoms with Gasteiger partial charge < -0.3 is 5.11 Å². The van der Waals surface area contributed by atoms with Crippen molar-refractivity contribution >= 4 is 17.0 Å². The molecule has 0 saturated heterocycles. The van der Waals surface area contributed by atoms with E-state index in [1.165, 1.54) is 0 Å². The van der Waals surface area contributed by atoms with Crippen LogP contribution in [0.15, 0.2) is 72.8 Å². The number of nitrogens with zero attached hydrogens (tertiary/aromatic N) is 4. The molecule has 2 heterocycles. The number of aromatic nitrogens is 4. The zero-order chi connectivity index (χ0) is 22.4. The maximum absolute atomic E-state index is 11.7. The van der Waals surface area contributed by atoms with Gasteiger partial charge in [0.05, 0.1) is 22.3 Å². The zero-order valence-corrected chi connectivity index (χ0v) is 18.1. The lowest BCUT2D eigenvalue weighted by atomic mass is 9.95. The molecule has 0 bridgehead atoms. The number of carbonyl (C=O) groups is 1. The van der Waals surface area contributed by atoms with E-state index >= 15 is 0 Å². The average Bonchev–Trinajstić information content (AvgIpc) is 3.32. The second kappa shape index (κ2) is 7.50. The topological polar surface area (TPSA) is 72.9 Å². The SMILES string of the molecule is Cc1cc(C)n(-c2nc3ccccc3n2-c2ccc(-c3ccccc3C(=O)O)c(C)c2)n1. The van der Waals surface area contributed by atoms with Gasteiger partial charge in [0.25, 0.3) is 0 Å². The van der Waals surface area contributed by atoms with Crippen molar-refractivity contribution in [1.82, 2.24) is 19.3 Å². The molecule has 0 unspecified atom stereocenters. The molecule has 5 aromatic rings. The first-order valence-electron chi connectivity index (χ1n) is 10.4. The molecule has 158 valence electrons. The van der Waals surface area contributed by atoms with Gasteiger partial charge in [-0.2, -0.15) is 5.10 Å². The standard InChI is InChI=1S/C26H22N4O2/c1-16-14-19(12-13-20(16)21-8-4-5-9-22(21)25(31)32)29-24-11-7-6-10-23(24)27-26(29)30-18(3)15-17(2)28-30/h4-15H,1-3H3,(H,31,32). The minimum Gasteiger partial charge on any atom is -0.478 e. The van der Waals surface area contributed by atoms with Crippen molar-refractivity contribution in [3.63, 3.8) is 0 Å². The molecule has 0 radical (unpaired) electrons. The van der Waals surface area contributed by atoms with Crippen LogP contribution in [0.5, 0.6) is 0 Å². The summed E-state index contributed by atoms with van der Waals surface area (Å²) in [6, 6.07) is 23.2. The minimum atomic E-state index is -0.934. The summed E-state index contributed by atoms with van der Waals surface area (Å²) in [6.45, 7) is 5.98. The Labute approximate surface area is 185 Å². The number of carboxylic acids is 1. The number of imidazole rings is 1. The summed E-state index contributed by atoms with van der Waals surface area (Å²) < 4.78 is 3.95. The molecule has 0 fully saturated rings. The first-order valence-corrected chi connectivity index (χ1v) is 10.4. The summed E-state index contributed by atoms with van der Waals surface area (Å²) in [5.74, 6) is -0.216. The van der Waals surface area contributed by atoms with Gasteiger partial charge in [-0.1, -0.05) is 36.4 Å². The third-order valence-corrected chi connectivity index (χ3v) is 5.66. The van der Waals surface area contributed by atoms with Crippen LogP contribution in [0, 0.1) is 20.8 Å². The van der Waals surface area contributed by atoms with E-state index in [4.69, 9.17) is 4.98 Å². The highest BCUT2D eigenvalue weighted by atomic mass is 16.4. The smallest absolute Gasteiger partial charge is 0.336 e. The van der Waals surface area contributed by atoms with Gasteiger partial charge in [-0.25, -0.2) is 14.5 Å². The van der Waals surface area contributed by atoms with Gasteiger partial charge in [0.1, 0.15) is 0 Å². The van der Waals surface area contributed by atoms with Gasteiger partial charge >= 0.3 is 5.97 Å². The predicted molar refractivity (Wildman–Crippen MR) is 125 cm³/mol. The van der Waals surface area contributed by atoms with Gasteiger partial charge in [0.15, 0.2) is 0 Å². The van der Waals surface area contributed by atoms with Crippen LogP contribution in [-0.2, 0) is 0 Å². The molecule has 3 aromatic carbocycles. The number of benzene rings is 3. The second-order valence-corrected chi connectivity index (χ2v) is 7.92. The van der Waals surface area contributed by atoms with E-state index in [-0.39, 0.29) is 0 Å². The van der Waals surface area contributed by atoms with E-state index in [2.05, 4.69) is 15.7 Å². The van der Waals surface area contributed by atoms with E-state index in [1.807, 2.05) is 80.1 Å². The van der Waals surface area contributed by atoms with Crippen LogP contribution >= 0.6 is 0 Å². The fourth-order valence-electron chi connectivity index (χ4n) is 4.23. The first kappa shape index (κ1) is 19.8. The fraction of sp³-hybridized carbons (Fsp3) is 0.115. The van der Waals surface area contributed by atoms with E-state index in [9.17, 15) is 9.90 Å². The molecule has 1 N–H and O–H groups in total. The molecule has 2 aromatic heterocycles. The van der Waals surface area contributed by atoms with Gasteiger partial charge in [-0.05, 0) is 73.9 Å². The molecule has 0 saturated carbocycles. The number of rotatable bonds is 4. The van der Waals surface area contributed by atoms with Crippen LogP contribution < -0.4 is 0 Å². The summed E-state index contributed by atoms with van der Waals surface area (Å²) in [4.78, 5) is 16.6. The monoisotopic (exact) mass is 422 g/mol. The van der Waals surface area contributed by atoms with Gasteiger partial charge in [0, 0.05) is 11.4 Å². The summed E-state index contributed by atoms with van der Waals surface area (Å²) >= 11 is 0. The molecule has 0 aliphatic heterocycles. The molecule has 0 atom stereocenters. The van der Waals surface area contributed by atoms with Crippen LogP contribution in [0.25, 0.3) is 33.8 Å². The first-order chi connectivity index (χ1) is 15.4. The third-order valence-electron chi connectivity index (χ3n) is 5.66. The average molecular weight is 422 g/mol. The van der Waals surface area contributed by atoms with Crippen molar-refractivity contribution in [2.24, 2.45) is 0 Å². The summed E-state index contributed by atoms with van der Waals surface area (Å²) in [5, 5.41) is 14.3. The number of para-hydroxylation sites is 2. The van der Waals surface area contributed by atoms with Crippen molar-refractivity contribution in [1.29, 1.82) is 0 Å². The maximum Gasteiger partial charge on any atom is 0.336 e. The minimum absolute atomic E-state index is 0.291. The Kier molecular flexibility index (Phi) is 4.63. The van der Waals surface area contributed by atoms with Crippen LogP contribution in [0.3, 0.4) is 0 Å². The molecule has 6 heteroatoms. The molecule has 0 aliphatic carbocycles. The fourth-order valence-corrected chi connectivity index (χ4v) is 4.23. The molecule has 6 nitrogen and oxygen atoms in total. The van der Waals surface area contributed by atoms with Gasteiger partial charge in [-0.15, -0.1) is 0 Å². The van der Waals surface area contributed by atoms with Crippen molar-refractivity contribution in [3.8, 4) is 22.8 Å². The van der Waals surface area contributed by atoms with Crippen molar-refractivity contribution in [3.05, 3.63) is 95.3 Å². The molecule has 32 heavy (non-hydrogen) atoms. The Bertz CT molecular complexity index is 1490. The zero-order valence-electron chi connectivity index (χ0n) is 18.1. The van der Waals surface area contributed by atoms with Crippen LogP contribution in [0.4, 0.5) is 0 Å². The summed E-state index contributed by atoms with van der Waals surface area (Å²) in [5.41, 5.74) is 7.60. The van der Waals surface area contributed by atoms with E-state index in [0.29, 0.717) is 11.1 Å². The van der Waals surface area contributed by atoms with Gasteiger partial charge in [0.2, 0.25) is 5.95 Å². The van der Waals surface area contributed by atoms with Gasteiger partial charge in [-0.3, -0.25) is 4.57 Å². The van der Waals surface area contributed by atoms with E-state index in [1.54, 1.807) is 12.1 Å². The molecule has 5 rings (SSSR count). The Morgan fingerprint density at radius 1 is 0.875 bits per heavy atom. The molecule has 0 amide bonds. The van der Waals surface area contributed by atoms with Crippen LogP contribution in [-0.4, -0.2) is 30.4 Å². The number of aromatic carboxylic acids is 1. The molecule has 0 spiro atoms. The molecular formula is C26H22N4O2.